The average Bonchev–Trinajstić information content (AvgIpc) is 2.88. The second-order valence-corrected chi connectivity index (χ2v) is 3.97. The molecule has 3 N–H and O–H groups in total. The van der Waals surface area contributed by atoms with E-state index in [-0.39, 0.29) is 11.7 Å². The van der Waals surface area contributed by atoms with Gasteiger partial charge in [0.2, 0.25) is 0 Å². The summed E-state index contributed by atoms with van der Waals surface area (Å²) in [6, 6.07) is 11.1. The molecule has 0 unspecified atom stereocenters. The van der Waals surface area contributed by atoms with Gasteiger partial charge in [0.1, 0.15) is 5.76 Å². The van der Waals surface area contributed by atoms with Crippen molar-refractivity contribution in [3.05, 3.63) is 53.5 Å². The maximum absolute atomic E-state index is 11.9. The number of furan rings is 1. The minimum absolute atomic E-state index is 0.265. The van der Waals surface area contributed by atoms with Crippen molar-refractivity contribution in [3.63, 3.8) is 0 Å². The Balaban J connectivity index is 2.06. The first-order valence-corrected chi connectivity index (χ1v) is 5.92. The van der Waals surface area contributed by atoms with E-state index in [1.54, 1.807) is 12.1 Å². The van der Waals surface area contributed by atoms with E-state index in [1.807, 2.05) is 24.3 Å². The Hall–Kier alpha value is -2.07. The molecule has 2 aromatic rings. The number of amides is 1. The highest BCUT2D eigenvalue weighted by Crippen LogP contribution is 2.13. The Morgan fingerprint density at radius 3 is 2.50 bits per heavy atom. The highest BCUT2D eigenvalue weighted by Gasteiger charge is 2.10. The van der Waals surface area contributed by atoms with Crippen LogP contribution in [0.1, 0.15) is 28.8 Å². The summed E-state index contributed by atoms with van der Waals surface area (Å²) >= 11 is 0. The first-order valence-electron chi connectivity index (χ1n) is 5.92. The van der Waals surface area contributed by atoms with Crippen LogP contribution in [0.3, 0.4) is 0 Å². The van der Waals surface area contributed by atoms with Crippen LogP contribution in [0.4, 0.5) is 5.69 Å². The number of nitrogens with one attached hydrogen (secondary N) is 1. The van der Waals surface area contributed by atoms with Crippen LogP contribution in [-0.4, -0.2) is 5.91 Å². The number of carbonyl (C=O) groups is 1. The Labute approximate surface area is 106 Å². The van der Waals surface area contributed by atoms with Gasteiger partial charge in [-0.3, -0.25) is 4.79 Å². The zero-order chi connectivity index (χ0) is 13.0. The lowest BCUT2D eigenvalue weighted by Gasteiger charge is -2.04. The van der Waals surface area contributed by atoms with Crippen LogP contribution >= 0.6 is 0 Å². The quantitative estimate of drug-likeness (QED) is 0.868. The summed E-state index contributed by atoms with van der Waals surface area (Å²) in [6.45, 7) is 2.38. The van der Waals surface area contributed by atoms with E-state index in [0.29, 0.717) is 12.3 Å². The van der Waals surface area contributed by atoms with Crippen LogP contribution in [0.15, 0.2) is 40.8 Å². The average molecular weight is 244 g/mol. The molecule has 1 heterocycles. The summed E-state index contributed by atoms with van der Waals surface area (Å²) in [6.07, 6.45) is 0.978. The van der Waals surface area contributed by atoms with Gasteiger partial charge in [0.15, 0.2) is 5.76 Å². The van der Waals surface area contributed by atoms with Gasteiger partial charge in [-0.1, -0.05) is 19.1 Å². The molecule has 18 heavy (non-hydrogen) atoms. The highest BCUT2D eigenvalue weighted by atomic mass is 16.4. The Morgan fingerprint density at radius 1 is 1.22 bits per heavy atom. The SMILES string of the molecule is CCc1ccc(NC(=O)c2ccc(CN)o2)cc1. The molecular formula is C14H16N2O2. The van der Waals surface area contributed by atoms with Crippen molar-refractivity contribution in [1.29, 1.82) is 0 Å². The minimum atomic E-state index is -0.265. The number of benzene rings is 1. The van der Waals surface area contributed by atoms with E-state index >= 15 is 0 Å². The molecule has 4 nitrogen and oxygen atoms in total. The molecular weight excluding hydrogens is 228 g/mol. The molecule has 2 rings (SSSR count). The first-order chi connectivity index (χ1) is 8.72. The smallest absolute Gasteiger partial charge is 0.291 e. The van der Waals surface area contributed by atoms with E-state index in [1.165, 1.54) is 5.56 Å². The lowest BCUT2D eigenvalue weighted by atomic mass is 10.1. The Kier molecular flexibility index (Phi) is 3.79. The van der Waals surface area contributed by atoms with Gasteiger partial charge in [0.05, 0.1) is 6.54 Å². The van der Waals surface area contributed by atoms with Gasteiger partial charge in [-0.25, -0.2) is 0 Å². The van der Waals surface area contributed by atoms with Crippen LogP contribution < -0.4 is 11.1 Å². The lowest BCUT2D eigenvalue weighted by Crippen LogP contribution is -2.10. The maximum atomic E-state index is 11.9. The normalized spacial score (nSPS) is 10.3. The van der Waals surface area contributed by atoms with Gasteiger partial charge >= 0.3 is 0 Å². The van der Waals surface area contributed by atoms with Crippen molar-refractivity contribution in [2.24, 2.45) is 5.73 Å². The van der Waals surface area contributed by atoms with Gasteiger partial charge < -0.3 is 15.5 Å². The van der Waals surface area contributed by atoms with Crippen LogP contribution in [-0.2, 0) is 13.0 Å². The van der Waals surface area contributed by atoms with Crippen LogP contribution in [0.2, 0.25) is 0 Å². The Bertz CT molecular complexity index is 529. The topological polar surface area (TPSA) is 68.3 Å². The molecule has 0 spiro atoms. The van der Waals surface area contributed by atoms with Gasteiger partial charge in [0, 0.05) is 5.69 Å². The number of hydrogen-bond donors (Lipinski definition) is 2. The summed E-state index contributed by atoms with van der Waals surface area (Å²) in [7, 11) is 0. The molecule has 0 radical (unpaired) electrons. The van der Waals surface area contributed by atoms with E-state index in [2.05, 4.69) is 12.2 Å². The fraction of sp³-hybridized carbons (Fsp3) is 0.214. The van der Waals surface area contributed by atoms with Crippen LogP contribution in [0.25, 0.3) is 0 Å². The largest absolute Gasteiger partial charge is 0.455 e. The van der Waals surface area contributed by atoms with Crippen LogP contribution in [0, 0.1) is 0 Å². The highest BCUT2D eigenvalue weighted by molar-refractivity contribution is 6.02. The zero-order valence-electron chi connectivity index (χ0n) is 10.3. The van der Waals surface area contributed by atoms with Gasteiger partial charge in [0.25, 0.3) is 5.91 Å². The van der Waals surface area contributed by atoms with E-state index in [9.17, 15) is 4.79 Å². The fourth-order valence-corrected chi connectivity index (χ4v) is 1.63. The molecule has 0 saturated carbocycles. The van der Waals surface area contributed by atoms with Crippen molar-refractivity contribution >= 4 is 11.6 Å². The molecule has 0 aliphatic heterocycles. The van der Waals surface area contributed by atoms with Crippen molar-refractivity contribution in [3.8, 4) is 0 Å². The molecule has 94 valence electrons. The number of rotatable bonds is 4. The number of aryl methyl sites for hydroxylation is 1. The minimum Gasteiger partial charge on any atom is -0.455 e. The van der Waals surface area contributed by atoms with Gasteiger partial charge in [-0.15, -0.1) is 0 Å². The molecule has 0 saturated heterocycles. The molecule has 1 amide bonds. The summed E-state index contributed by atoms with van der Waals surface area (Å²) in [5.41, 5.74) is 7.41. The van der Waals surface area contributed by atoms with Gasteiger partial charge in [-0.2, -0.15) is 0 Å². The maximum Gasteiger partial charge on any atom is 0.291 e. The van der Waals surface area contributed by atoms with Crippen molar-refractivity contribution in [1.82, 2.24) is 0 Å². The fourth-order valence-electron chi connectivity index (χ4n) is 1.63. The standard InChI is InChI=1S/C14H16N2O2/c1-2-10-3-5-11(6-4-10)16-14(17)13-8-7-12(9-15)18-13/h3-8H,2,9,15H2,1H3,(H,16,17). The van der Waals surface area contributed by atoms with E-state index < -0.39 is 0 Å². The van der Waals surface area contributed by atoms with Crippen molar-refractivity contribution in [2.75, 3.05) is 5.32 Å². The molecule has 0 atom stereocenters. The second-order valence-electron chi connectivity index (χ2n) is 3.97. The molecule has 0 bridgehead atoms. The third-order valence-electron chi connectivity index (χ3n) is 2.71. The number of anilines is 1. The predicted octanol–water partition coefficient (Wildman–Crippen LogP) is 2.55. The molecule has 4 heteroatoms. The molecule has 0 aliphatic carbocycles. The Morgan fingerprint density at radius 2 is 1.94 bits per heavy atom. The van der Waals surface area contributed by atoms with E-state index in [4.69, 9.17) is 10.2 Å². The summed E-state index contributed by atoms with van der Waals surface area (Å²) in [5, 5.41) is 2.77. The summed E-state index contributed by atoms with van der Waals surface area (Å²) < 4.78 is 5.27. The van der Waals surface area contributed by atoms with Crippen molar-refractivity contribution in [2.45, 2.75) is 19.9 Å². The molecule has 0 aliphatic rings. The van der Waals surface area contributed by atoms with Gasteiger partial charge in [-0.05, 0) is 36.2 Å². The number of carbonyl (C=O) groups excluding carboxylic acids is 1. The third-order valence-corrected chi connectivity index (χ3v) is 2.71. The first kappa shape index (κ1) is 12.4. The predicted molar refractivity (Wildman–Crippen MR) is 70.4 cm³/mol. The summed E-state index contributed by atoms with van der Waals surface area (Å²) in [5.74, 6) is 0.607. The van der Waals surface area contributed by atoms with E-state index in [0.717, 1.165) is 12.1 Å². The molecule has 1 aromatic heterocycles. The second kappa shape index (κ2) is 5.51. The molecule has 0 fully saturated rings. The molecule has 1 aromatic carbocycles. The number of hydrogen-bond acceptors (Lipinski definition) is 3. The monoisotopic (exact) mass is 244 g/mol. The zero-order valence-corrected chi connectivity index (χ0v) is 10.3. The van der Waals surface area contributed by atoms with Crippen LogP contribution in [0.5, 0.6) is 0 Å². The third kappa shape index (κ3) is 2.78. The number of nitrogens with two attached hydrogens (primary N) is 1. The van der Waals surface area contributed by atoms with Crippen molar-refractivity contribution < 1.29 is 9.21 Å². The lowest BCUT2D eigenvalue weighted by molar-refractivity contribution is 0.0995. The summed E-state index contributed by atoms with van der Waals surface area (Å²) in [4.78, 5) is 11.9.